The van der Waals surface area contributed by atoms with Gasteiger partial charge in [0.1, 0.15) is 28.4 Å². The smallest absolute Gasteiger partial charge is 0.200 e. The van der Waals surface area contributed by atoms with Gasteiger partial charge in [0.2, 0.25) is 5.78 Å². The molecule has 5 nitrogen and oxygen atoms in total. The predicted octanol–water partition coefficient (Wildman–Crippen LogP) is 4.03. The van der Waals surface area contributed by atoms with Crippen LogP contribution in [-0.2, 0) is 6.42 Å². The molecule has 0 aromatic heterocycles. The first kappa shape index (κ1) is 17.6. The van der Waals surface area contributed by atoms with E-state index in [9.17, 15) is 19.8 Å². The number of phenolic OH excluding ortho intramolecular Hbond substituents is 2. The largest absolute Gasteiger partial charge is 0.507 e. The zero-order valence-electron chi connectivity index (χ0n) is 15.2. The van der Waals surface area contributed by atoms with E-state index < -0.39 is 17.1 Å². The summed E-state index contributed by atoms with van der Waals surface area (Å²) in [4.78, 5) is 24.7. The van der Waals surface area contributed by atoms with Crippen molar-refractivity contribution in [1.29, 1.82) is 0 Å². The van der Waals surface area contributed by atoms with Crippen molar-refractivity contribution < 1.29 is 24.5 Å². The van der Waals surface area contributed by atoms with Crippen LogP contribution in [0.25, 0.3) is 0 Å². The molecule has 1 aliphatic heterocycles. The van der Waals surface area contributed by atoms with Gasteiger partial charge in [-0.1, -0.05) is 36.8 Å². The van der Waals surface area contributed by atoms with E-state index in [1.807, 2.05) is 6.92 Å². The van der Waals surface area contributed by atoms with E-state index in [-0.39, 0.29) is 28.5 Å². The Kier molecular flexibility index (Phi) is 4.17. The van der Waals surface area contributed by atoms with Crippen LogP contribution in [0.4, 0.5) is 0 Å². The second-order valence-corrected chi connectivity index (χ2v) is 7.67. The second-order valence-electron chi connectivity index (χ2n) is 7.67. The topological polar surface area (TPSA) is 83.8 Å². The molecule has 2 aromatic carbocycles. The number of aromatic hydroxyl groups is 2. The predicted molar refractivity (Wildman–Crippen MR) is 99.7 cm³/mol. The van der Waals surface area contributed by atoms with Crippen molar-refractivity contribution >= 4 is 12.1 Å². The van der Waals surface area contributed by atoms with Crippen molar-refractivity contribution in [3.05, 3.63) is 52.6 Å². The Morgan fingerprint density at radius 1 is 1.19 bits per heavy atom. The summed E-state index contributed by atoms with van der Waals surface area (Å²) in [5, 5.41) is 21.2. The first-order chi connectivity index (χ1) is 13.0. The maximum absolute atomic E-state index is 13.1. The van der Waals surface area contributed by atoms with Gasteiger partial charge in [-0.2, -0.15) is 0 Å². The van der Waals surface area contributed by atoms with E-state index in [1.165, 1.54) is 0 Å². The minimum Gasteiger partial charge on any atom is -0.507 e. The lowest BCUT2D eigenvalue weighted by molar-refractivity contribution is -0.0227. The molecule has 0 spiro atoms. The lowest BCUT2D eigenvalue weighted by Gasteiger charge is -2.46. The summed E-state index contributed by atoms with van der Waals surface area (Å²) in [6.07, 6.45) is 4.86. The Hall–Kier alpha value is -2.82. The Labute approximate surface area is 157 Å². The Morgan fingerprint density at radius 2 is 1.93 bits per heavy atom. The number of ether oxygens (including phenoxy) is 1. The number of hydrogen-bond donors (Lipinski definition) is 2. The van der Waals surface area contributed by atoms with Crippen LogP contribution in [0.5, 0.6) is 17.2 Å². The van der Waals surface area contributed by atoms with Gasteiger partial charge in [0.05, 0.1) is 5.56 Å². The lowest BCUT2D eigenvalue weighted by Crippen LogP contribution is -2.47. The van der Waals surface area contributed by atoms with Crippen LogP contribution in [-0.4, -0.2) is 27.9 Å². The highest BCUT2D eigenvalue weighted by atomic mass is 16.5. The highest BCUT2D eigenvalue weighted by Gasteiger charge is 2.45. The van der Waals surface area contributed by atoms with Crippen LogP contribution in [0, 0.1) is 5.92 Å². The van der Waals surface area contributed by atoms with Gasteiger partial charge in [0, 0.05) is 17.0 Å². The van der Waals surface area contributed by atoms with E-state index in [4.69, 9.17) is 4.74 Å². The molecule has 4 rings (SSSR count). The summed E-state index contributed by atoms with van der Waals surface area (Å²) in [7, 11) is 0. The average molecular weight is 366 g/mol. The van der Waals surface area contributed by atoms with Crippen molar-refractivity contribution in [2.24, 2.45) is 5.92 Å². The van der Waals surface area contributed by atoms with Gasteiger partial charge in [-0.05, 0) is 32.6 Å². The third-order valence-electron chi connectivity index (χ3n) is 6.04. The first-order valence-electron chi connectivity index (χ1n) is 9.31. The highest BCUT2D eigenvalue weighted by Crippen LogP contribution is 2.52. The van der Waals surface area contributed by atoms with E-state index in [2.05, 4.69) is 0 Å². The fourth-order valence-corrected chi connectivity index (χ4v) is 4.44. The number of carbonyl (C=O) groups is 2. The van der Waals surface area contributed by atoms with Gasteiger partial charge in [-0.25, -0.2) is 0 Å². The molecule has 1 fully saturated rings. The van der Waals surface area contributed by atoms with Gasteiger partial charge in [-0.3, -0.25) is 9.59 Å². The quantitative estimate of drug-likeness (QED) is 0.633. The molecule has 2 unspecified atom stereocenters. The van der Waals surface area contributed by atoms with Crippen molar-refractivity contribution in [2.75, 3.05) is 0 Å². The first-order valence-corrected chi connectivity index (χ1v) is 9.31. The molecular weight excluding hydrogens is 344 g/mol. The molecule has 0 amide bonds. The number of rotatable bonds is 3. The average Bonchev–Trinajstić information content (AvgIpc) is 2.67. The number of ketones is 1. The summed E-state index contributed by atoms with van der Waals surface area (Å²) in [5.41, 5.74) is 0.0893. The van der Waals surface area contributed by atoms with E-state index in [0.29, 0.717) is 23.8 Å². The molecule has 2 aliphatic rings. The summed E-state index contributed by atoms with van der Waals surface area (Å²) >= 11 is 0. The monoisotopic (exact) mass is 366 g/mol. The maximum Gasteiger partial charge on any atom is 0.200 e. The van der Waals surface area contributed by atoms with Crippen LogP contribution in [0.1, 0.15) is 64.4 Å². The molecule has 2 N–H and O–H groups in total. The normalized spacial score (nSPS) is 23.7. The fourth-order valence-electron chi connectivity index (χ4n) is 4.44. The number of hydrogen-bond acceptors (Lipinski definition) is 5. The minimum absolute atomic E-state index is 0.0404. The molecule has 1 heterocycles. The fraction of sp³-hybridized carbons (Fsp3) is 0.364. The van der Waals surface area contributed by atoms with Crippen molar-refractivity contribution in [3.63, 3.8) is 0 Å². The SMILES string of the molecule is CC12CCCCC1Cc1c(O)c(C=O)c(O)c(C(=O)c3ccccc3)c1O2. The summed E-state index contributed by atoms with van der Waals surface area (Å²) < 4.78 is 6.30. The summed E-state index contributed by atoms with van der Waals surface area (Å²) in [6.45, 7) is 2.03. The number of fused-ring (bicyclic) bond motifs is 2. The zero-order valence-corrected chi connectivity index (χ0v) is 15.2. The standard InChI is InChI=1S/C22H22O5/c1-22-10-6-5-9-14(22)11-15-19(25)16(12-23)20(26)17(21(15)27-22)18(24)13-7-3-2-4-8-13/h2-4,7-8,12,14,25-26H,5-6,9-11H2,1H3. The molecule has 2 atom stereocenters. The molecular formula is C22H22O5. The lowest BCUT2D eigenvalue weighted by atomic mass is 9.71. The molecule has 5 heteroatoms. The Balaban J connectivity index is 1.94. The third-order valence-corrected chi connectivity index (χ3v) is 6.04. The van der Waals surface area contributed by atoms with Gasteiger partial charge in [0.15, 0.2) is 6.29 Å². The van der Waals surface area contributed by atoms with Crippen LogP contribution >= 0.6 is 0 Å². The van der Waals surface area contributed by atoms with Crippen LogP contribution in [0.2, 0.25) is 0 Å². The molecule has 140 valence electrons. The number of phenols is 2. The van der Waals surface area contributed by atoms with E-state index in [1.54, 1.807) is 30.3 Å². The van der Waals surface area contributed by atoms with Crippen LogP contribution in [0.3, 0.4) is 0 Å². The van der Waals surface area contributed by atoms with Gasteiger partial charge in [0.25, 0.3) is 0 Å². The van der Waals surface area contributed by atoms with E-state index in [0.717, 1.165) is 25.7 Å². The number of benzene rings is 2. The maximum atomic E-state index is 13.1. The van der Waals surface area contributed by atoms with Crippen LogP contribution in [0.15, 0.2) is 30.3 Å². The number of aldehydes is 1. The van der Waals surface area contributed by atoms with Gasteiger partial charge < -0.3 is 14.9 Å². The third kappa shape index (κ3) is 2.69. The summed E-state index contributed by atoms with van der Waals surface area (Å²) in [5.74, 6) is -0.813. The number of carbonyl (C=O) groups excluding carboxylic acids is 2. The zero-order chi connectivity index (χ0) is 19.2. The van der Waals surface area contributed by atoms with Crippen molar-refractivity contribution in [1.82, 2.24) is 0 Å². The molecule has 27 heavy (non-hydrogen) atoms. The molecule has 1 saturated carbocycles. The van der Waals surface area contributed by atoms with Crippen molar-refractivity contribution in [3.8, 4) is 17.2 Å². The molecule has 0 radical (unpaired) electrons. The Bertz CT molecular complexity index is 918. The second kappa shape index (κ2) is 6.41. The minimum atomic E-state index is -0.520. The van der Waals surface area contributed by atoms with Crippen molar-refractivity contribution in [2.45, 2.75) is 44.6 Å². The Morgan fingerprint density at radius 3 is 2.63 bits per heavy atom. The highest BCUT2D eigenvalue weighted by molar-refractivity contribution is 6.14. The van der Waals surface area contributed by atoms with Gasteiger partial charge in [-0.15, -0.1) is 0 Å². The molecule has 1 aliphatic carbocycles. The molecule has 0 saturated heterocycles. The molecule has 2 aromatic rings. The molecule has 0 bridgehead atoms. The van der Waals surface area contributed by atoms with E-state index >= 15 is 0 Å². The van der Waals surface area contributed by atoms with Crippen LogP contribution < -0.4 is 4.74 Å². The summed E-state index contributed by atoms with van der Waals surface area (Å²) in [6, 6.07) is 8.56. The van der Waals surface area contributed by atoms with Gasteiger partial charge >= 0.3 is 0 Å².